The third-order valence-corrected chi connectivity index (χ3v) is 16.0. The molecule has 86 heavy (non-hydrogen) atoms. The normalized spacial score (nSPS) is 16.2. The maximum atomic E-state index is 12.4. The highest BCUT2D eigenvalue weighted by atomic mass is 32.2. The number of rotatable bonds is 63. The van der Waals surface area contributed by atoms with Crippen molar-refractivity contribution < 1.29 is 76.9 Å². The maximum Gasteiger partial charge on any atom is 0.315 e. The summed E-state index contributed by atoms with van der Waals surface area (Å²) in [5, 5.41) is 40.7. The molecule has 2 rings (SSSR count). The van der Waals surface area contributed by atoms with Crippen LogP contribution in [0.25, 0.3) is 0 Å². The lowest BCUT2D eigenvalue weighted by molar-refractivity contribution is -0.127. The first-order chi connectivity index (χ1) is 42.1. The summed E-state index contributed by atoms with van der Waals surface area (Å²) < 4.78 is 44.1. The second-order valence-electron chi connectivity index (χ2n) is 21.9. The van der Waals surface area contributed by atoms with Crippen molar-refractivity contribution in [3.05, 3.63) is 12.2 Å². The molecule has 2 fully saturated rings. The molecule has 0 saturated carbocycles. The minimum atomic E-state index is -1.01. The highest BCUT2D eigenvalue weighted by molar-refractivity contribution is 8.00. The van der Waals surface area contributed by atoms with Gasteiger partial charge in [-0.1, -0.05) is 103 Å². The SMILES string of the molecule is CCCCCCCCCCCCC/C=C/[C@H](O)C(CO)NC(=O)CCC(=O)NCCOCCOCCOCCOCCOCCOCCOCCOCCNC(=O)CCCCCNC(=O)CCCCCNC(=O)CCCC[C@@H]1SC[C@@H]2NC(=O)N[C@@H]21. The van der Waals surface area contributed by atoms with Gasteiger partial charge in [-0.25, -0.2) is 4.79 Å². The third-order valence-electron chi connectivity index (χ3n) is 14.5. The van der Waals surface area contributed by atoms with Crippen LogP contribution in [0.4, 0.5) is 4.79 Å². The molecule has 7 amide bonds. The molecule has 2 saturated heterocycles. The van der Waals surface area contributed by atoms with Crippen LogP contribution in [0.5, 0.6) is 0 Å². The van der Waals surface area contributed by atoms with E-state index in [0.29, 0.717) is 156 Å². The molecule has 23 nitrogen and oxygen atoms in total. The quantitative estimate of drug-likeness (QED) is 0.0212. The second-order valence-corrected chi connectivity index (χ2v) is 23.2. The molecule has 2 aliphatic rings. The molecular weight excluding hydrogens is 1130 g/mol. The number of thioether (sulfide) groups is 1. The lowest BCUT2D eigenvalue weighted by Crippen LogP contribution is -2.45. The monoisotopic (exact) mass is 1250 g/mol. The van der Waals surface area contributed by atoms with Gasteiger partial charge in [0.25, 0.3) is 0 Å². The molecule has 5 atom stereocenters. The molecule has 0 aromatic carbocycles. The Bertz CT molecular complexity index is 1730. The molecule has 2 aliphatic heterocycles. The number of aliphatic hydroxyl groups excluding tert-OH is 2. The highest BCUT2D eigenvalue weighted by Gasteiger charge is 2.42. The summed E-state index contributed by atoms with van der Waals surface area (Å²) in [5.74, 6) is 0.338. The van der Waals surface area contributed by atoms with E-state index < -0.39 is 24.7 Å². The fourth-order valence-electron chi connectivity index (χ4n) is 9.47. The van der Waals surface area contributed by atoms with E-state index in [-0.39, 0.29) is 54.6 Å². The predicted molar refractivity (Wildman–Crippen MR) is 334 cm³/mol. The van der Waals surface area contributed by atoms with E-state index in [4.69, 9.17) is 37.9 Å². The number of fused-ring (bicyclic) bond motifs is 1. The van der Waals surface area contributed by atoms with Gasteiger partial charge in [0, 0.05) is 69.3 Å². The van der Waals surface area contributed by atoms with Gasteiger partial charge in [-0.05, 0) is 51.4 Å². The Hall–Kier alpha value is -3.69. The number of aliphatic hydroxyl groups is 2. The first kappa shape index (κ1) is 78.4. The summed E-state index contributed by atoms with van der Waals surface area (Å²) in [5.41, 5.74) is 0. The fourth-order valence-corrected chi connectivity index (χ4v) is 11.0. The molecule has 500 valence electrons. The van der Waals surface area contributed by atoms with Crippen LogP contribution in [0, 0.1) is 0 Å². The van der Waals surface area contributed by atoms with Crippen molar-refractivity contribution in [3.63, 3.8) is 0 Å². The van der Waals surface area contributed by atoms with Crippen molar-refractivity contribution in [3.8, 4) is 0 Å². The largest absolute Gasteiger partial charge is 0.394 e. The number of hydrogen-bond acceptors (Lipinski definition) is 17. The van der Waals surface area contributed by atoms with Crippen molar-refractivity contribution in [1.29, 1.82) is 0 Å². The Kier molecular flexibility index (Phi) is 52.6. The lowest BCUT2D eigenvalue weighted by atomic mass is 10.0. The molecule has 24 heteroatoms. The van der Waals surface area contributed by atoms with E-state index >= 15 is 0 Å². The molecule has 0 aromatic heterocycles. The van der Waals surface area contributed by atoms with Gasteiger partial charge in [-0.15, -0.1) is 0 Å². The van der Waals surface area contributed by atoms with Crippen molar-refractivity contribution in [2.24, 2.45) is 0 Å². The standard InChI is InChI=1S/C62H115N7O16S/c1-2-3-4-5-6-7-8-9-10-11-12-13-16-23-54(71)52(50-70)67-60(76)29-28-59(75)66-33-35-79-37-39-81-41-43-83-45-47-85-49-48-84-46-44-82-42-40-80-38-36-78-34-32-65-58(74)26-18-15-22-30-63-56(72)25-17-14-21-31-64-57(73)27-20-19-24-55-61-53(51-86-55)68-62(77)69-61/h16,23,52-55,61,70-71H,2-15,17-22,24-51H2,1H3,(H,63,72)(H,64,73)(H,65,74)(H,66,75)(H,67,76)(H2,68,69,77)/b23-16+/t52?,53-,54-,55-,61-/m0/s1. The molecule has 0 aromatic rings. The smallest absolute Gasteiger partial charge is 0.315 e. The average Bonchev–Trinajstić information content (AvgIpc) is 3.15. The molecule has 0 aliphatic carbocycles. The van der Waals surface area contributed by atoms with E-state index in [9.17, 15) is 39.0 Å². The predicted octanol–water partition coefficient (Wildman–Crippen LogP) is 5.31. The number of allylic oxidation sites excluding steroid dienone is 1. The fraction of sp³-hybridized carbons (Fsp3) is 0.871. The second kappa shape index (κ2) is 57.7. The summed E-state index contributed by atoms with van der Waals surface area (Å²) in [4.78, 5) is 72.6. The summed E-state index contributed by atoms with van der Waals surface area (Å²) in [7, 11) is 0. The van der Waals surface area contributed by atoms with Crippen molar-refractivity contribution >= 4 is 47.3 Å². The summed E-state index contributed by atoms with van der Waals surface area (Å²) >= 11 is 1.90. The van der Waals surface area contributed by atoms with Crippen LogP contribution in [0.2, 0.25) is 0 Å². The van der Waals surface area contributed by atoms with Gasteiger partial charge in [0.15, 0.2) is 0 Å². The summed E-state index contributed by atoms with van der Waals surface area (Å²) in [6.45, 7) is 10.4. The average molecular weight is 1250 g/mol. The van der Waals surface area contributed by atoms with Gasteiger partial charge in [-0.3, -0.25) is 24.0 Å². The Morgan fingerprint density at radius 3 is 1.33 bits per heavy atom. The van der Waals surface area contributed by atoms with Crippen LogP contribution in [0.15, 0.2) is 12.2 Å². The van der Waals surface area contributed by atoms with E-state index in [1.807, 2.05) is 17.8 Å². The van der Waals surface area contributed by atoms with E-state index in [1.165, 1.54) is 57.8 Å². The minimum Gasteiger partial charge on any atom is -0.394 e. The van der Waals surface area contributed by atoms with Crippen LogP contribution < -0.4 is 37.2 Å². The Morgan fingerprint density at radius 2 is 0.872 bits per heavy atom. The first-order valence-corrected chi connectivity index (χ1v) is 33.8. The molecule has 0 spiro atoms. The zero-order valence-corrected chi connectivity index (χ0v) is 53.3. The van der Waals surface area contributed by atoms with Gasteiger partial charge in [-0.2, -0.15) is 11.8 Å². The highest BCUT2D eigenvalue weighted by Crippen LogP contribution is 2.33. The third kappa shape index (κ3) is 47.3. The van der Waals surface area contributed by atoms with E-state index in [2.05, 4.69) is 44.1 Å². The van der Waals surface area contributed by atoms with Crippen molar-refractivity contribution in [2.45, 2.75) is 203 Å². The topological polar surface area (TPSA) is 301 Å². The molecule has 9 N–H and O–H groups in total. The number of unbranched alkanes of at least 4 members (excludes halogenated alkanes) is 16. The van der Waals surface area contributed by atoms with Gasteiger partial charge < -0.3 is 85.3 Å². The molecule has 0 bridgehead atoms. The number of hydrogen-bond donors (Lipinski definition) is 9. The Labute approximate surface area is 519 Å². The number of urea groups is 1. The van der Waals surface area contributed by atoms with Crippen LogP contribution in [-0.2, 0) is 61.9 Å². The summed E-state index contributed by atoms with van der Waals surface area (Å²) in [6.07, 6.45) is 26.5. The number of carbonyl (C=O) groups is 6. The molecular formula is C62H115N7O16S. The van der Waals surface area contributed by atoms with E-state index in [0.717, 1.165) is 82.8 Å². The van der Waals surface area contributed by atoms with Gasteiger partial charge in [0.05, 0.1) is 137 Å². The number of carbonyl (C=O) groups excluding carboxylic acids is 6. The number of ether oxygens (including phenoxy) is 8. The van der Waals surface area contributed by atoms with Gasteiger partial charge in [0.2, 0.25) is 29.5 Å². The van der Waals surface area contributed by atoms with Crippen LogP contribution in [0.3, 0.4) is 0 Å². The van der Waals surface area contributed by atoms with Gasteiger partial charge in [0.1, 0.15) is 0 Å². The maximum absolute atomic E-state index is 12.4. The van der Waals surface area contributed by atoms with E-state index in [1.54, 1.807) is 6.08 Å². The zero-order chi connectivity index (χ0) is 62.0. The zero-order valence-electron chi connectivity index (χ0n) is 52.5. The van der Waals surface area contributed by atoms with Crippen molar-refractivity contribution in [2.75, 3.05) is 144 Å². The molecule has 2 heterocycles. The van der Waals surface area contributed by atoms with Crippen LogP contribution in [0.1, 0.15) is 174 Å². The Morgan fingerprint density at radius 1 is 0.488 bits per heavy atom. The summed E-state index contributed by atoms with van der Waals surface area (Å²) in [6, 6.07) is -0.458. The van der Waals surface area contributed by atoms with Crippen LogP contribution >= 0.6 is 11.8 Å². The lowest BCUT2D eigenvalue weighted by Gasteiger charge is -2.19. The van der Waals surface area contributed by atoms with Crippen LogP contribution in [-0.4, -0.2) is 220 Å². The number of nitrogens with one attached hydrogen (secondary N) is 7. The van der Waals surface area contributed by atoms with Crippen molar-refractivity contribution in [1.82, 2.24) is 37.2 Å². The molecule has 0 radical (unpaired) electrons. The number of amides is 7. The van der Waals surface area contributed by atoms with Gasteiger partial charge >= 0.3 is 6.03 Å². The first-order valence-electron chi connectivity index (χ1n) is 32.7. The Balaban J connectivity index is 1.20. The molecule has 1 unspecified atom stereocenters. The minimum absolute atomic E-state index is 0.0154.